The van der Waals surface area contributed by atoms with Gasteiger partial charge in [0.2, 0.25) is 0 Å². The number of ether oxygens (including phenoxy) is 1. The first-order valence-electron chi connectivity index (χ1n) is 6.48. The van der Waals surface area contributed by atoms with Crippen LogP contribution in [0.15, 0.2) is 37.0 Å². The zero-order chi connectivity index (χ0) is 12.9. The Kier molecular flexibility index (Phi) is 4.76. The summed E-state index contributed by atoms with van der Waals surface area (Å²) in [6, 6.07) is 0. The molecule has 0 radical (unpaired) electrons. The van der Waals surface area contributed by atoms with E-state index in [4.69, 9.17) is 4.74 Å². The molecule has 1 nitrogen and oxygen atoms in total. The van der Waals surface area contributed by atoms with E-state index in [-0.39, 0.29) is 11.0 Å². The second-order valence-electron chi connectivity index (χ2n) is 5.83. The highest BCUT2D eigenvalue weighted by Crippen LogP contribution is 2.42. The largest absolute Gasteiger partial charge is 0.374 e. The Hall–Kier alpha value is -0.820. The molecule has 0 aromatic rings. The number of hydrogen-bond acceptors (Lipinski definition) is 1. The third kappa shape index (κ3) is 3.57. The number of rotatable bonds is 6. The van der Waals surface area contributed by atoms with Crippen molar-refractivity contribution >= 4 is 0 Å². The monoisotopic (exact) mass is 234 g/mol. The normalized spacial score (nSPS) is 25.0. The zero-order valence-electron chi connectivity index (χ0n) is 11.6. The summed E-state index contributed by atoms with van der Waals surface area (Å²) < 4.78 is 5.83. The van der Waals surface area contributed by atoms with E-state index in [1.54, 1.807) is 0 Å². The van der Waals surface area contributed by atoms with Gasteiger partial charge in [0.05, 0.1) is 5.60 Å². The van der Waals surface area contributed by atoms with E-state index in [9.17, 15) is 0 Å². The van der Waals surface area contributed by atoms with Gasteiger partial charge in [0.15, 0.2) is 0 Å². The van der Waals surface area contributed by atoms with Gasteiger partial charge in [0.1, 0.15) is 0 Å². The van der Waals surface area contributed by atoms with Crippen LogP contribution < -0.4 is 0 Å². The van der Waals surface area contributed by atoms with Crippen LogP contribution in [-0.4, -0.2) is 12.7 Å². The maximum absolute atomic E-state index is 5.83. The Bertz CT molecular complexity index is 311. The zero-order valence-corrected chi connectivity index (χ0v) is 11.6. The molecule has 0 bridgehead atoms. The van der Waals surface area contributed by atoms with Gasteiger partial charge in [0.25, 0.3) is 0 Å². The minimum Gasteiger partial charge on any atom is -0.374 e. The second kappa shape index (κ2) is 5.68. The van der Waals surface area contributed by atoms with Crippen LogP contribution in [0.5, 0.6) is 0 Å². The molecule has 1 aliphatic carbocycles. The first kappa shape index (κ1) is 14.2. The lowest BCUT2D eigenvalue weighted by molar-refractivity contribution is -0.0195. The number of allylic oxidation sites excluding steroid dienone is 2. The van der Waals surface area contributed by atoms with Gasteiger partial charge in [-0.25, -0.2) is 0 Å². The van der Waals surface area contributed by atoms with E-state index in [0.29, 0.717) is 0 Å². The van der Waals surface area contributed by atoms with Crippen LogP contribution in [0.25, 0.3) is 0 Å². The van der Waals surface area contributed by atoms with Crippen LogP contribution in [0.1, 0.15) is 46.0 Å². The molecule has 0 aromatic carbocycles. The van der Waals surface area contributed by atoms with E-state index in [1.165, 1.54) is 0 Å². The lowest BCUT2D eigenvalue weighted by Crippen LogP contribution is -2.39. The molecule has 0 spiro atoms. The number of hydrogen-bond donors (Lipinski definition) is 0. The second-order valence-corrected chi connectivity index (χ2v) is 5.83. The lowest BCUT2D eigenvalue weighted by atomic mass is 9.71. The van der Waals surface area contributed by atoms with Gasteiger partial charge in [-0.05, 0) is 43.1 Å². The Morgan fingerprint density at radius 2 is 2.24 bits per heavy atom. The molecule has 0 heterocycles. The van der Waals surface area contributed by atoms with Crippen molar-refractivity contribution in [3.05, 3.63) is 37.0 Å². The highest BCUT2D eigenvalue weighted by Gasteiger charge is 2.38. The molecule has 0 amide bonds. The molecular formula is C16H26O. The van der Waals surface area contributed by atoms with Crippen molar-refractivity contribution in [2.75, 3.05) is 7.11 Å². The first-order chi connectivity index (χ1) is 7.96. The van der Waals surface area contributed by atoms with E-state index in [1.807, 2.05) is 13.2 Å². The van der Waals surface area contributed by atoms with Gasteiger partial charge in [-0.3, -0.25) is 0 Å². The Morgan fingerprint density at radius 3 is 2.76 bits per heavy atom. The predicted molar refractivity (Wildman–Crippen MR) is 75.1 cm³/mol. The molecule has 0 aromatic heterocycles. The summed E-state index contributed by atoms with van der Waals surface area (Å²) in [4.78, 5) is 0. The van der Waals surface area contributed by atoms with Crippen LogP contribution >= 0.6 is 0 Å². The summed E-state index contributed by atoms with van der Waals surface area (Å²) in [6.45, 7) is 12.6. The molecule has 0 saturated heterocycles. The molecule has 1 heteroatoms. The molecule has 0 N–H and O–H groups in total. The smallest absolute Gasteiger partial charge is 0.0929 e. The van der Waals surface area contributed by atoms with Crippen LogP contribution in [0, 0.1) is 5.41 Å². The molecule has 0 fully saturated rings. The fraction of sp³-hybridized carbons (Fsp3) is 0.625. The summed E-state index contributed by atoms with van der Waals surface area (Å²) in [5.41, 5.74) is 1.23. The summed E-state index contributed by atoms with van der Waals surface area (Å²) >= 11 is 0. The SMILES string of the molecule is C=CCCC(C)(C)CC1(OC)CCC=CC1=C. The van der Waals surface area contributed by atoms with E-state index in [2.05, 4.69) is 39.2 Å². The van der Waals surface area contributed by atoms with Crippen molar-refractivity contribution in [3.63, 3.8) is 0 Å². The highest BCUT2D eigenvalue weighted by molar-refractivity contribution is 5.30. The maximum Gasteiger partial charge on any atom is 0.0929 e. The van der Waals surface area contributed by atoms with Crippen LogP contribution in [0.4, 0.5) is 0 Å². The summed E-state index contributed by atoms with van der Waals surface area (Å²) in [6.07, 6.45) is 11.7. The molecule has 1 aliphatic rings. The van der Waals surface area contributed by atoms with Crippen LogP contribution in [-0.2, 0) is 4.74 Å². The fourth-order valence-corrected chi connectivity index (χ4v) is 2.72. The fourth-order valence-electron chi connectivity index (χ4n) is 2.72. The van der Waals surface area contributed by atoms with E-state index < -0.39 is 0 Å². The average molecular weight is 234 g/mol. The van der Waals surface area contributed by atoms with Crippen molar-refractivity contribution in [2.24, 2.45) is 5.41 Å². The van der Waals surface area contributed by atoms with Gasteiger partial charge in [-0.2, -0.15) is 0 Å². The molecular weight excluding hydrogens is 208 g/mol. The van der Waals surface area contributed by atoms with E-state index >= 15 is 0 Å². The van der Waals surface area contributed by atoms with Gasteiger partial charge in [-0.1, -0.05) is 38.7 Å². The molecule has 17 heavy (non-hydrogen) atoms. The van der Waals surface area contributed by atoms with Gasteiger partial charge in [0, 0.05) is 7.11 Å². The predicted octanol–water partition coefficient (Wildman–Crippen LogP) is 4.66. The van der Waals surface area contributed by atoms with E-state index in [0.717, 1.165) is 37.7 Å². The minimum absolute atomic E-state index is 0.153. The molecule has 0 aliphatic heterocycles. The Morgan fingerprint density at radius 1 is 1.53 bits per heavy atom. The van der Waals surface area contributed by atoms with Gasteiger partial charge < -0.3 is 4.74 Å². The van der Waals surface area contributed by atoms with Gasteiger partial charge >= 0.3 is 0 Å². The van der Waals surface area contributed by atoms with Crippen molar-refractivity contribution in [3.8, 4) is 0 Å². The molecule has 0 saturated carbocycles. The molecule has 1 atom stereocenters. The summed E-state index contributed by atoms with van der Waals surface area (Å²) in [7, 11) is 1.81. The maximum atomic E-state index is 5.83. The Balaban J connectivity index is 2.77. The summed E-state index contributed by atoms with van der Waals surface area (Å²) in [5.74, 6) is 0. The summed E-state index contributed by atoms with van der Waals surface area (Å²) in [5, 5.41) is 0. The quantitative estimate of drug-likeness (QED) is 0.607. The first-order valence-corrected chi connectivity index (χ1v) is 6.48. The average Bonchev–Trinajstić information content (AvgIpc) is 2.29. The standard InChI is InChI=1S/C16H26O/c1-6-7-11-15(3,4)13-16(17-5)12-9-8-10-14(16)2/h6,8,10H,1-2,7,9,11-13H2,3-5H3. The third-order valence-electron chi connectivity index (χ3n) is 3.80. The topological polar surface area (TPSA) is 9.23 Å². The third-order valence-corrected chi connectivity index (χ3v) is 3.80. The Labute approximate surface area is 106 Å². The molecule has 96 valence electrons. The molecule has 1 unspecified atom stereocenters. The van der Waals surface area contributed by atoms with Crippen molar-refractivity contribution in [1.82, 2.24) is 0 Å². The highest BCUT2D eigenvalue weighted by atomic mass is 16.5. The molecule has 1 rings (SSSR count). The van der Waals surface area contributed by atoms with Crippen molar-refractivity contribution in [2.45, 2.75) is 51.6 Å². The van der Waals surface area contributed by atoms with Crippen LogP contribution in [0.3, 0.4) is 0 Å². The number of methoxy groups -OCH3 is 1. The van der Waals surface area contributed by atoms with Crippen molar-refractivity contribution in [1.29, 1.82) is 0 Å². The lowest BCUT2D eigenvalue weighted by Gasteiger charge is -2.41. The van der Waals surface area contributed by atoms with Crippen molar-refractivity contribution < 1.29 is 4.74 Å². The van der Waals surface area contributed by atoms with Gasteiger partial charge in [-0.15, -0.1) is 6.58 Å². The van der Waals surface area contributed by atoms with Crippen LogP contribution in [0.2, 0.25) is 0 Å². The minimum atomic E-state index is -0.153.